The van der Waals surface area contributed by atoms with Crippen molar-refractivity contribution in [3.05, 3.63) is 48.3 Å². The van der Waals surface area contributed by atoms with Gasteiger partial charge in [-0.3, -0.25) is 4.79 Å². The Labute approximate surface area is 139 Å². The lowest BCUT2D eigenvalue weighted by Gasteiger charge is -2.32. The first-order valence-electron chi connectivity index (χ1n) is 7.64. The third-order valence-electron chi connectivity index (χ3n) is 3.67. The fraction of sp³-hybridized carbons (Fsp3) is 0.294. The molecule has 122 valence electrons. The zero-order chi connectivity index (χ0) is 16.8. The molecule has 1 atom stereocenters. The van der Waals surface area contributed by atoms with Gasteiger partial charge in [-0.25, -0.2) is 9.97 Å². The first kappa shape index (κ1) is 15.7. The number of carbonyl (C=O) groups is 1. The van der Waals surface area contributed by atoms with E-state index < -0.39 is 0 Å². The van der Waals surface area contributed by atoms with Crippen molar-refractivity contribution in [3.8, 4) is 11.9 Å². The number of hydrogen-bond donors (Lipinski definition) is 0. The van der Waals surface area contributed by atoms with Gasteiger partial charge >= 0.3 is 0 Å². The van der Waals surface area contributed by atoms with Crippen LogP contribution in [0, 0.1) is 11.3 Å². The standard InChI is InChI=1S/C17H16N4O3/c18-11-15-17(20-8-7-19-15)24-14-3-1-9-21(12-14)16(22)6-5-13-4-2-10-23-13/h2,4-8,10,14H,1,3,9,12H2/b6-5+. The number of carbonyl (C=O) groups excluding carboxylic acids is 1. The highest BCUT2D eigenvalue weighted by atomic mass is 16.5. The summed E-state index contributed by atoms with van der Waals surface area (Å²) in [6.45, 7) is 1.12. The van der Waals surface area contributed by atoms with E-state index in [1.165, 1.54) is 18.5 Å². The fourth-order valence-electron chi connectivity index (χ4n) is 2.53. The maximum atomic E-state index is 12.3. The molecule has 1 aliphatic rings. The van der Waals surface area contributed by atoms with Gasteiger partial charge in [0.15, 0.2) is 0 Å². The summed E-state index contributed by atoms with van der Waals surface area (Å²) in [5, 5.41) is 9.03. The van der Waals surface area contributed by atoms with E-state index in [2.05, 4.69) is 9.97 Å². The third kappa shape index (κ3) is 3.79. The summed E-state index contributed by atoms with van der Waals surface area (Å²) < 4.78 is 10.9. The molecule has 7 heteroatoms. The first-order chi connectivity index (χ1) is 11.8. The highest BCUT2D eigenvalue weighted by Crippen LogP contribution is 2.19. The molecule has 3 heterocycles. The molecular formula is C17H16N4O3. The van der Waals surface area contributed by atoms with Crippen LogP contribution >= 0.6 is 0 Å². The molecule has 1 fully saturated rings. The lowest BCUT2D eigenvalue weighted by molar-refractivity contribution is -0.128. The number of aromatic nitrogens is 2. The number of hydrogen-bond acceptors (Lipinski definition) is 6. The Morgan fingerprint density at radius 2 is 2.33 bits per heavy atom. The van der Waals surface area contributed by atoms with Crippen LogP contribution in [0.5, 0.6) is 5.88 Å². The van der Waals surface area contributed by atoms with Crippen LogP contribution in [0.3, 0.4) is 0 Å². The molecule has 2 aromatic heterocycles. The number of nitriles is 1. The third-order valence-corrected chi connectivity index (χ3v) is 3.67. The molecule has 0 aromatic carbocycles. The van der Waals surface area contributed by atoms with E-state index in [0.29, 0.717) is 18.8 Å². The van der Waals surface area contributed by atoms with Gasteiger partial charge in [0.1, 0.15) is 17.9 Å². The van der Waals surface area contributed by atoms with E-state index in [1.54, 1.807) is 29.4 Å². The number of likely N-dealkylation sites (tertiary alicyclic amines) is 1. The van der Waals surface area contributed by atoms with Gasteiger partial charge in [-0.2, -0.15) is 5.26 Å². The highest BCUT2D eigenvalue weighted by Gasteiger charge is 2.25. The normalized spacial score (nSPS) is 17.6. The Morgan fingerprint density at radius 3 is 3.12 bits per heavy atom. The van der Waals surface area contributed by atoms with Crippen LogP contribution < -0.4 is 4.74 Å². The molecule has 0 spiro atoms. The van der Waals surface area contributed by atoms with Crippen molar-refractivity contribution in [1.29, 1.82) is 5.26 Å². The van der Waals surface area contributed by atoms with Crippen LogP contribution in [0.4, 0.5) is 0 Å². The largest absolute Gasteiger partial charge is 0.470 e. The molecule has 1 aliphatic heterocycles. The van der Waals surface area contributed by atoms with E-state index >= 15 is 0 Å². The molecule has 1 unspecified atom stereocenters. The average molecular weight is 324 g/mol. The molecule has 3 rings (SSSR count). The number of ether oxygens (including phenoxy) is 1. The minimum atomic E-state index is -0.205. The second kappa shape index (κ2) is 7.42. The molecule has 0 radical (unpaired) electrons. The van der Waals surface area contributed by atoms with Crippen molar-refractivity contribution in [2.24, 2.45) is 0 Å². The lowest BCUT2D eigenvalue weighted by Crippen LogP contribution is -2.43. The maximum absolute atomic E-state index is 12.3. The number of piperidine rings is 1. The minimum absolute atomic E-state index is 0.0978. The summed E-state index contributed by atoms with van der Waals surface area (Å²) in [5.74, 6) is 0.746. The van der Waals surface area contributed by atoms with Crippen LogP contribution in [0.25, 0.3) is 6.08 Å². The molecule has 24 heavy (non-hydrogen) atoms. The zero-order valence-corrected chi connectivity index (χ0v) is 13.0. The van der Waals surface area contributed by atoms with Gasteiger partial charge in [-0.1, -0.05) is 0 Å². The van der Waals surface area contributed by atoms with E-state index in [-0.39, 0.29) is 23.6 Å². The second-order valence-corrected chi connectivity index (χ2v) is 5.34. The molecular weight excluding hydrogens is 308 g/mol. The molecule has 0 bridgehead atoms. The van der Waals surface area contributed by atoms with Crippen molar-refractivity contribution in [3.63, 3.8) is 0 Å². The van der Waals surface area contributed by atoms with Crippen molar-refractivity contribution in [1.82, 2.24) is 14.9 Å². The molecule has 2 aromatic rings. The number of furan rings is 1. The van der Waals surface area contributed by atoms with Gasteiger partial charge in [0, 0.05) is 25.0 Å². The van der Waals surface area contributed by atoms with Gasteiger partial charge in [0.25, 0.3) is 5.88 Å². The van der Waals surface area contributed by atoms with Gasteiger partial charge in [0.05, 0.1) is 12.8 Å². The Kier molecular flexibility index (Phi) is 4.87. The van der Waals surface area contributed by atoms with Crippen LogP contribution in [-0.4, -0.2) is 40.0 Å². The van der Waals surface area contributed by atoms with Crippen molar-refractivity contribution in [2.45, 2.75) is 18.9 Å². The van der Waals surface area contributed by atoms with Crippen LogP contribution in [-0.2, 0) is 4.79 Å². The quantitative estimate of drug-likeness (QED) is 0.799. The lowest BCUT2D eigenvalue weighted by atomic mass is 10.1. The number of nitrogens with zero attached hydrogens (tertiary/aromatic N) is 4. The molecule has 0 N–H and O–H groups in total. The second-order valence-electron chi connectivity index (χ2n) is 5.34. The molecule has 7 nitrogen and oxygen atoms in total. The smallest absolute Gasteiger partial charge is 0.251 e. The van der Waals surface area contributed by atoms with Gasteiger partial charge in [-0.05, 0) is 31.1 Å². The van der Waals surface area contributed by atoms with Crippen LogP contribution in [0.15, 0.2) is 41.3 Å². The van der Waals surface area contributed by atoms with E-state index in [9.17, 15) is 4.79 Å². The predicted molar refractivity (Wildman–Crippen MR) is 84.7 cm³/mol. The zero-order valence-electron chi connectivity index (χ0n) is 13.0. The summed E-state index contributed by atoms with van der Waals surface area (Å²) >= 11 is 0. The van der Waals surface area contributed by atoms with Gasteiger partial charge in [-0.15, -0.1) is 0 Å². The Bertz CT molecular complexity index is 764. The van der Waals surface area contributed by atoms with Crippen molar-refractivity contribution >= 4 is 12.0 Å². The van der Waals surface area contributed by atoms with Crippen molar-refractivity contribution in [2.75, 3.05) is 13.1 Å². The topological polar surface area (TPSA) is 92.2 Å². The summed E-state index contributed by atoms with van der Waals surface area (Å²) in [4.78, 5) is 22.0. The minimum Gasteiger partial charge on any atom is -0.470 e. The average Bonchev–Trinajstić information content (AvgIpc) is 3.14. The first-order valence-corrected chi connectivity index (χ1v) is 7.64. The molecule has 0 aliphatic carbocycles. The fourth-order valence-corrected chi connectivity index (χ4v) is 2.53. The molecule has 1 amide bonds. The van der Waals surface area contributed by atoms with E-state index in [1.807, 2.05) is 6.07 Å². The van der Waals surface area contributed by atoms with Crippen molar-refractivity contribution < 1.29 is 13.9 Å². The van der Waals surface area contributed by atoms with Crippen LogP contribution in [0.1, 0.15) is 24.3 Å². The SMILES string of the molecule is N#Cc1nccnc1OC1CCCN(C(=O)/C=C/c2ccco2)C1. The Hall–Kier alpha value is -3.14. The van der Waals surface area contributed by atoms with Gasteiger partial charge in [0.2, 0.25) is 11.6 Å². The number of amides is 1. The number of rotatable bonds is 4. The molecule has 0 saturated carbocycles. The van der Waals surface area contributed by atoms with E-state index in [4.69, 9.17) is 14.4 Å². The summed E-state index contributed by atoms with van der Waals surface area (Å²) in [6.07, 6.45) is 9.04. The predicted octanol–water partition coefficient (Wildman–Crippen LogP) is 2.02. The summed E-state index contributed by atoms with van der Waals surface area (Å²) in [5.41, 5.74) is 0.152. The maximum Gasteiger partial charge on any atom is 0.251 e. The van der Waals surface area contributed by atoms with Crippen LogP contribution in [0.2, 0.25) is 0 Å². The highest BCUT2D eigenvalue weighted by molar-refractivity contribution is 5.91. The molecule has 1 saturated heterocycles. The monoisotopic (exact) mass is 324 g/mol. The van der Waals surface area contributed by atoms with E-state index in [0.717, 1.165) is 12.8 Å². The Morgan fingerprint density at radius 1 is 1.46 bits per heavy atom. The summed E-state index contributed by atoms with van der Waals surface area (Å²) in [6, 6.07) is 5.50. The summed E-state index contributed by atoms with van der Waals surface area (Å²) in [7, 11) is 0. The van der Waals surface area contributed by atoms with Gasteiger partial charge < -0.3 is 14.1 Å². The Balaban J connectivity index is 1.62.